The number of carbonyl (C=O) groups excluding carboxylic acids is 1. The highest BCUT2D eigenvalue weighted by Crippen LogP contribution is 2.69. The van der Waals surface area contributed by atoms with Gasteiger partial charge in [-0.1, -0.05) is 53.9 Å². The summed E-state index contributed by atoms with van der Waals surface area (Å²) in [5.41, 5.74) is -1.82. The molecule has 4 saturated carbocycles. The number of ether oxygens (including phenoxy) is 1. The zero-order chi connectivity index (χ0) is 25.1. The van der Waals surface area contributed by atoms with Gasteiger partial charge < -0.3 is 20.1 Å². The van der Waals surface area contributed by atoms with E-state index in [1.54, 1.807) is 0 Å². The number of carbonyl (C=O) groups is 1. The van der Waals surface area contributed by atoms with Gasteiger partial charge in [0.25, 0.3) is 0 Å². The fourth-order valence-corrected chi connectivity index (χ4v) is 9.69. The van der Waals surface area contributed by atoms with E-state index in [2.05, 4.69) is 34.6 Å². The Hall–Kier alpha value is -0.650. The van der Waals surface area contributed by atoms with Crippen LogP contribution in [0.15, 0.2) is 0 Å². The number of aliphatic hydroxyl groups is 3. The number of esters is 1. The Balaban J connectivity index is 1.66. The minimum Gasteiger partial charge on any atom is -0.462 e. The number of aliphatic hydroxyl groups excluding tert-OH is 2. The first-order chi connectivity index (χ1) is 15.8. The van der Waals surface area contributed by atoms with Gasteiger partial charge in [0, 0.05) is 24.7 Å². The van der Waals surface area contributed by atoms with E-state index in [9.17, 15) is 20.1 Å². The summed E-state index contributed by atoms with van der Waals surface area (Å²) in [7, 11) is 0. The fourth-order valence-electron chi connectivity index (χ4n) is 9.69. The van der Waals surface area contributed by atoms with Crippen LogP contribution in [0.4, 0.5) is 0 Å². The quantitative estimate of drug-likeness (QED) is 0.463. The SMILES string of the molecule is CC(=O)O[C@@H]1C[C@@]2(C)C(CC[C@@H]2[C@H](C)CCCC(C)C)C2C[C@@H](O)[C@@]3(O)C[C@@H](O)CC[C@]3(C)C21. The van der Waals surface area contributed by atoms with E-state index in [-0.39, 0.29) is 35.7 Å². The molecule has 0 heterocycles. The zero-order valence-corrected chi connectivity index (χ0v) is 22.4. The summed E-state index contributed by atoms with van der Waals surface area (Å²) >= 11 is 0. The van der Waals surface area contributed by atoms with Crippen molar-refractivity contribution in [3.63, 3.8) is 0 Å². The molecule has 4 aliphatic carbocycles. The molecule has 4 rings (SSSR count). The summed E-state index contributed by atoms with van der Waals surface area (Å²) < 4.78 is 6.10. The third-order valence-corrected chi connectivity index (χ3v) is 11.3. The first-order valence-corrected chi connectivity index (χ1v) is 14.1. The van der Waals surface area contributed by atoms with Crippen LogP contribution in [0.1, 0.15) is 106 Å². The van der Waals surface area contributed by atoms with Crippen molar-refractivity contribution in [2.75, 3.05) is 0 Å². The lowest BCUT2D eigenvalue weighted by Gasteiger charge is -2.66. The molecule has 11 atom stereocenters. The summed E-state index contributed by atoms with van der Waals surface area (Å²) in [5.74, 6) is 2.44. The highest BCUT2D eigenvalue weighted by Gasteiger charge is 2.70. The van der Waals surface area contributed by atoms with E-state index in [1.165, 1.54) is 32.6 Å². The van der Waals surface area contributed by atoms with E-state index >= 15 is 0 Å². The molecular weight excluding hydrogens is 428 g/mol. The van der Waals surface area contributed by atoms with Gasteiger partial charge in [-0.15, -0.1) is 0 Å². The van der Waals surface area contributed by atoms with Crippen LogP contribution >= 0.6 is 0 Å². The summed E-state index contributed by atoms with van der Waals surface area (Å²) in [6.45, 7) is 13.0. The molecule has 4 aliphatic rings. The molecular formula is C29H50O5. The smallest absolute Gasteiger partial charge is 0.302 e. The van der Waals surface area contributed by atoms with Crippen molar-refractivity contribution in [2.45, 2.75) is 130 Å². The van der Waals surface area contributed by atoms with Crippen LogP contribution < -0.4 is 0 Å². The number of hydrogen-bond acceptors (Lipinski definition) is 5. The van der Waals surface area contributed by atoms with Crippen molar-refractivity contribution in [1.29, 1.82) is 0 Å². The van der Waals surface area contributed by atoms with Crippen LogP contribution in [-0.2, 0) is 9.53 Å². The number of fused-ring (bicyclic) bond motifs is 5. The predicted molar refractivity (Wildman–Crippen MR) is 133 cm³/mol. The van der Waals surface area contributed by atoms with E-state index < -0.39 is 23.2 Å². The van der Waals surface area contributed by atoms with Gasteiger partial charge in [-0.25, -0.2) is 0 Å². The van der Waals surface area contributed by atoms with Crippen molar-refractivity contribution in [1.82, 2.24) is 0 Å². The molecule has 34 heavy (non-hydrogen) atoms. The van der Waals surface area contributed by atoms with Gasteiger partial charge in [0.2, 0.25) is 0 Å². The monoisotopic (exact) mass is 478 g/mol. The maximum atomic E-state index is 12.3. The molecule has 5 heteroatoms. The Labute approximate surface area is 207 Å². The van der Waals surface area contributed by atoms with E-state index in [4.69, 9.17) is 4.74 Å². The molecule has 3 unspecified atom stereocenters. The van der Waals surface area contributed by atoms with Crippen molar-refractivity contribution >= 4 is 5.97 Å². The number of rotatable bonds is 6. The minimum atomic E-state index is -1.33. The summed E-state index contributed by atoms with van der Waals surface area (Å²) in [5, 5.41) is 33.5. The molecule has 196 valence electrons. The lowest BCUT2D eigenvalue weighted by atomic mass is 9.41. The Morgan fingerprint density at radius 2 is 1.76 bits per heavy atom. The molecule has 3 N–H and O–H groups in total. The summed E-state index contributed by atoms with van der Waals surface area (Å²) in [6, 6.07) is 0. The Bertz CT molecular complexity index is 753. The molecule has 0 aromatic carbocycles. The van der Waals surface area contributed by atoms with Gasteiger partial charge in [-0.3, -0.25) is 4.79 Å². The maximum absolute atomic E-state index is 12.3. The lowest BCUT2D eigenvalue weighted by molar-refractivity contribution is -0.284. The van der Waals surface area contributed by atoms with E-state index in [0.29, 0.717) is 37.0 Å². The molecule has 0 bridgehead atoms. The lowest BCUT2D eigenvalue weighted by Crippen LogP contribution is -2.71. The van der Waals surface area contributed by atoms with Gasteiger partial charge >= 0.3 is 5.97 Å². The minimum absolute atomic E-state index is 0.0189. The van der Waals surface area contributed by atoms with Crippen LogP contribution in [-0.4, -0.2) is 45.2 Å². The van der Waals surface area contributed by atoms with Crippen LogP contribution in [0, 0.1) is 46.3 Å². The second-order valence-electron chi connectivity index (χ2n) is 13.6. The molecule has 0 saturated heterocycles. The van der Waals surface area contributed by atoms with Crippen molar-refractivity contribution in [3.8, 4) is 0 Å². The third-order valence-electron chi connectivity index (χ3n) is 11.3. The molecule has 5 nitrogen and oxygen atoms in total. The second kappa shape index (κ2) is 9.34. The van der Waals surface area contributed by atoms with Crippen molar-refractivity contribution < 1.29 is 24.9 Å². The molecule has 0 spiro atoms. The molecule has 0 amide bonds. The molecule has 0 aromatic heterocycles. The molecule has 4 fully saturated rings. The Morgan fingerprint density at radius 3 is 2.41 bits per heavy atom. The van der Waals surface area contributed by atoms with Crippen LogP contribution in [0.5, 0.6) is 0 Å². The largest absolute Gasteiger partial charge is 0.462 e. The molecule has 0 aromatic rings. The molecule has 0 aliphatic heterocycles. The Morgan fingerprint density at radius 1 is 1.06 bits per heavy atom. The first kappa shape index (κ1) is 26.4. The maximum Gasteiger partial charge on any atom is 0.302 e. The fraction of sp³-hybridized carbons (Fsp3) is 0.966. The summed E-state index contributed by atoms with van der Waals surface area (Å²) in [4.78, 5) is 12.3. The van der Waals surface area contributed by atoms with Gasteiger partial charge in [-0.05, 0) is 73.5 Å². The predicted octanol–water partition coefficient (Wildman–Crippen LogP) is 5.10. The average molecular weight is 479 g/mol. The van der Waals surface area contributed by atoms with Gasteiger partial charge in [0.15, 0.2) is 0 Å². The van der Waals surface area contributed by atoms with Crippen molar-refractivity contribution in [3.05, 3.63) is 0 Å². The Kier molecular flexibility index (Phi) is 7.25. The van der Waals surface area contributed by atoms with Crippen molar-refractivity contribution in [2.24, 2.45) is 46.3 Å². The zero-order valence-electron chi connectivity index (χ0n) is 22.4. The normalized spacial score (nSPS) is 49.2. The van der Waals surface area contributed by atoms with E-state index in [0.717, 1.165) is 18.8 Å². The first-order valence-electron chi connectivity index (χ1n) is 14.1. The number of hydrogen-bond donors (Lipinski definition) is 3. The van der Waals surface area contributed by atoms with Crippen LogP contribution in [0.3, 0.4) is 0 Å². The second-order valence-corrected chi connectivity index (χ2v) is 13.6. The summed E-state index contributed by atoms with van der Waals surface area (Å²) in [6.07, 6.45) is 7.33. The van der Waals surface area contributed by atoms with E-state index in [1.807, 2.05) is 0 Å². The van der Waals surface area contributed by atoms with Gasteiger partial charge in [0.05, 0.1) is 17.8 Å². The van der Waals surface area contributed by atoms with Gasteiger partial charge in [0.1, 0.15) is 6.10 Å². The molecule has 0 radical (unpaired) electrons. The standard InChI is InChI=1S/C29H50O5/c1-17(2)8-7-9-18(3)22-10-11-23-21-14-25(32)29(33)15-20(31)12-13-28(29,6)26(21)24(34-19(4)30)16-27(22,23)5/h17-18,20-26,31-33H,7-16H2,1-6H3/t18-,20+,21?,22-,23?,24-,25-,26?,27-,28-,29+/m1/s1. The highest BCUT2D eigenvalue weighted by atomic mass is 16.5. The third kappa shape index (κ3) is 4.16. The average Bonchev–Trinajstić information content (AvgIpc) is 3.06. The van der Waals surface area contributed by atoms with Crippen LogP contribution in [0.2, 0.25) is 0 Å². The van der Waals surface area contributed by atoms with Gasteiger partial charge in [-0.2, -0.15) is 0 Å². The topological polar surface area (TPSA) is 87.0 Å². The van der Waals surface area contributed by atoms with Crippen LogP contribution in [0.25, 0.3) is 0 Å². The highest BCUT2D eigenvalue weighted by molar-refractivity contribution is 5.66.